The number of rotatable bonds is 2. The van der Waals surface area contributed by atoms with Gasteiger partial charge in [0.1, 0.15) is 5.69 Å². The molecule has 1 aromatic carbocycles. The normalized spacial score (nSPS) is 10.5. The van der Waals surface area contributed by atoms with Crippen molar-refractivity contribution in [2.45, 2.75) is 6.92 Å². The molecule has 3 nitrogen and oxygen atoms in total. The van der Waals surface area contributed by atoms with Gasteiger partial charge in [-0.2, -0.15) is 0 Å². The molecule has 0 unspecified atom stereocenters. The summed E-state index contributed by atoms with van der Waals surface area (Å²) >= 11 is 11.9. The monoisotopic (exact) mass is 269 g/mol. The second kappa shape index (κ2) is 4.43. The average molecular weight is 270 g/mol. The van der Waals surface area contributed by atoms with Gasteiger partial charge in [0.2, 0.25) is 0 Å². The quantitative estimate of drug-likeness (QED) is 0.902. The fourth-order valence-electron chi connectivity index (χ4n) is 1.71. The summed E-state index contributed by atoms with van der Waals surface area (Å²) in [6.07, 6.45) is 1.54. The van der Waals surface area contributed by atoms with E-state index in [1.54, 1.807) is 12.3 Å². The smallest absolute Gasteiger partial charge is 0.352 e. The summed E-state index contributed by atoms with van der Waals surface area (Å²) in [5.74, 6) is -1.05. The molecule has 17 heavy (non-hydrogen) atoms. The maximum atomic E-state index is 11.1. The number of hydrogen-bond acceptors (Lipinski definition) is 1. The van der Waals surface area contributed by atoms with E-state index < -0.39 is 5.97 Å². The summed E-state index contributed by atoms with van der Waals surface area (Å²) in [5, 5.41) is 9.95. The number of carbonyl (C=O) groups is 1. The number of nitrogens with zero attached hydrogens (tertiary/aromatic N) is 1. The predicted octanol–water partition coefficient (Wildman–Crippen LogP) is 3.79. The first-order chi connectivity index (χ1) is 8.00. The number of para-hydroxylation sites is 1. The van der Waals surface area contributed by atoms with Crippen LogP contribution in [-0.2, 0) is 0 Å². The number of benzene rings is 1. The Balaban J connectivity index is 2.72. The Labute approximate surface area is 108 Å². The highest BCUT2D eigenvalue weighted by molar-refractivity contribution is 6.33. The highest BCUT2D eigenvalue weighted by atomic mass is 35.5. The van der Waals surface area contributed by atoms with Crippen molar-refractivity contribution in [3.8, 4) is 5.69 Å². The van der Waals surface area contributed by atoms with E-state index in [2.05, 4.69) is 0 Å². The highest BCUT2D eigenvalue weighted by Gasteiger charge is 2.16. The summed E-state index contributed by atoms with van der Waals surface area (Å²) in [4.78, 5) is 11.1. The van der Waals surface area contributed by atoms with Gasteiger partial charge in [-0.1, -0.05) is 35.3 Å². The molecule has 0 aliphatic heterocycles. The molecule has 1 aromatic heterocycles. The van der Waals surface area contributed by atoms with Gasteiger partial charge < -0.3 is 9.67 Å². The van der Waals surface area contributed by atoms with Crippen LogP contribution >= 0.6 is 23.2 Å². The lowest BCUT2D eigenvalue weighted by Crippen LogP contribution is -2.07. The lowest BCUT2D eigenvalue weighted by molar-refractivity contribution is 0.0688. The Morgan fingerprint density at radius 3 is 2.65 bits per heavy atom. The van der Waals surface area contributed by atoms with Crippen molar-refractivity contribution < 1.29 is 9.90 Å². The van der Waals surface area contributed by atoms with E-state index >= 15 is 0 Å². The van der Waals surface area contributed by atoms with Gasteiger partial charge >= 0.3 is 5.97 Å². The molecule has 0 amide bonds. The third-order valence-electron chi connectivity index (χ3n) is 2.44. The maximum Gasteiger partial charge on any atom is 0.352 e. The van der Waals surface area contributed by atoms with Crippen molar-refractivity contribution in [2.24, 2.45) is 0 Å². The van der Waals surface area contributed by atoms with Gasteiger partial charge in [-0.25, -0.2) is 4.79 Å². The first-order valence-electron chi connectivity index (χ1n) is 4.87. The molecule has 1 heterocycles. The zero-order valence-corrected chi connectivity index (χ0v) is 10.5. The summed E-state index contributed by atoms with van der Waals surface area (Å²) in [5.41, 5.74) is 1.61. The van der Waals surface area contributed by atoms with Crippen LogP contribution in [0.4, 0.5) is 0 Å². The SMILES string of the molecule is Cc1cccc(Cl)c1-n1cc(Cl)cc1C(=O)O. The third kappa shape index (κ3) is 2.16. The lowest BCUT2D eigenvalue weighted by Gasteiger charge is -2.11. The Kier molecular flexibility index (Phi) is 3.13. The van der Waals surface area contributed by atoms with Crippen LogP contribution in [0.2, 0.25) is 10.0 Å². The molecule has 0 fully saturated rings. The number of halogens is 2. The van der Waals surface area contributed by atoms with Crippen LogP contribution in [0.25, 0.3) is 5.69 Å². The van der Waals surface area contributed by atoms with Crippen LogP contribution in [-0.4, -0.2) is 15.6 Å². The fraction of sp³-hybridized carbons (Fsp3) is 0.0833. The molecule has 0 atom stereocenters. The highest BCUT2D eigenvalue weighted by Crippen LogP contribution is 2.28. The molecule has 0 spiro atoms. The van der Waals surface area contributed by atoms with Crippen molar-refractivity contribution in [3.05, 3.63) is 51.8 Å². The second-order valence-electron chi connectivity index (χ2n) is 3.62. The van der Waals surface area contributed by atoms with Crippen LogP contribution < -0.4 is 0 Å². The second-order valence-corrected chi connectivity index (χ2v) is 4.47. The van der Waals surface area contributed by atoms with E-state index in [1.807, 2.05) is 19.1 Å². The van der Waals surface area contributed by atoms with Crippen molar-refractivity contribution in [1.82, 2.24) is 4.57 Å². The largest absolute Gasteiger partial charge is 0.477 e. The van der Waals surface area contributed by atoms with E-state index in [0.29, 0.717) is 15.7 Å². The number of aryl methyl sites for hydroxylation is 1. The summed E-state index contributed by atoms with van der Waals surface area (Å²) in [6.45, 7) is 1.86. The van der Waals surface area contributed by atoms with Crippen LogP contribution in [0.15, 0.2) is 30.5 Å². The van der Waals surface area contributed by atoms with E-state index in [0.717, 1.165) is 5.56 Å². The lowest BCUT2D eigenvalue weighted by atomic mass is 10.2. The summed E-state index contributed by atoms with van der Waals surface area (Å²) in [6, 6.07) is 6.78. The zero-order valence-electron chi connectivity index (χ0n) is 8.95. The van der Waals surface area contributed by atoms with Crippen LogP contribution in [0, 0.1) is 6.92 Å². The van der Waals surface area contributed by atoms with Crippen molar-refractivity contribution in [1.29, 1.82) is 0 Å². The maximum absolute atomic E-state index is 11.1. The molecule has 2 rings (SSSR count). The van der Waals surface area contributed by atoms with Gasteiger partial charge in [-0.3, -0.25) is 0 Å². The van der Waals surface area contributed by atoms with E-state index in [4.69, 9.17) is 28.3 Å². The van der Waals surface area contributed by atoms with Gasteiger partial charge in [-0.15, -0.1) is 0 Å². The van der Waals surface area contributed by atoms with Gasteiger partial charge in [0, 0.05) is 6.20 Å². The summed E-state index contributed by atoms with van der Waals surface area (Å²) < 4.78 is 1.49. The van der Waals surface area contributed by atoms with E-state index in [9.17, 15) is 4.79 Å². The number of aromatic nitrogens is 1. The molecule has 0 bridgehead atoms. The molecular weight excluding hydrogens is 261 g/mol. The van der Waals surface area contributed by atoms with E-state index in [-0.39, 0.29) is 5.69 Å². The van der Waals surface area contributed by atoms with Gasteiger partial charge in [0.15, 0.2) is 0 Å². The molecule has 0 aliphatic carbocycles. The molecule has 0 saturated heterocycles. The van der Waals surface area contributed by atoms with Crippen LogP contribution in [0.5, 0.6) is 0 Å². The van der Waals surface area contributed by atoms with E-state index in [1.165, 1.54) is 10.6 Å². The van der Waals surface area contributed by atoms with Gasteiger partial charge in [-0.05, 0) is 24.6 Å². The minimum absolute atomic E-state index is 0.0891. The minimum Gasteiger partial charge on any atom is -0.477 e. The Morgan fingerprint density at radius 1 is 1.35 bits per heavy atom. The first-order valence-corrected chi connectivity index (χ1v) is 5.63. The predicted molar refractivity (Wildman–Crippen MR) is 67.5 cm³/mol. The first kappa shape index (κ1) is 12.0. The number of hydrogen-bond donors (Lipinski definition) is 1. The van der Waals surface area contributed by atoms with Gasteiger partial charge in [0.25, 0.3) is 0 Å². The molecule has 2 aromatic rings. The molecule has 5 heteroatoms. The third-order valence-corrected chi connectivity index (χ3v) is 2.95. The molecular formula is C12H9Cl2NO2. The van der Waals surface area contributed by atoms with Crippen molar-refractivity contribution in [2.75, 3.05) is 0 Å². The molecule has 1 N–H and O–H groups in total. The van der Waals surface area contributed by atoms with Crippen molar-refractivity contribution in [3.63, 3.8) is 0 Å². The number of carboxylic acid groups (broad SMARTS) is 1. The fourth-order valence-corrected chi connectivity index (χ4v) is 2.22. The van der Waals surface area contributed by atoms with Gasteiger partial charge in [0.05, 0.1) is 15.7 Å². The Morgan fingerprint density at radius 2 is 2.06 bits per heavy atom. The molecule has 0 radical (unpaired) electrons. The standard InChI is InChI=1S/C12H9Cl2NO2/c1-7-3-2-4-9(14)11(7)15-6-8(13)5-10(15)12(16)17/h2-6H,1H3,(H,16,17). The number of aromatic carboxylic acids is 1. The zero-order chi connectivity index (χ0) is 12.6. The van der Waals surface area contributed by atoms with Crippen LogP contribution in [0.1, 0.15) is 16.1 Å². The molecule has 0 aliphatic rings. The average Bonchev–Trinajstić information content (AvgIpc) is 2.60. The minimum atomic E-state index is -1.05. The Hall–Kier alpha value is -1.45. The van der Waals surface area contributed by atoms with Crippen molar-refractivity contribution >= 4 is 29.2 Å². The molecule has 88 valence electrons. The Bertz CT molecular complexity index is 570. The topological polar surface area (TPSA) is 42.2 Å². The summed E-state index contributed by atoms with van der Waals surface area (Å²) in [7, 11) is 0. The van der Waals surface area contributed by atoms with Crippen LogP contribution in [0.3, 0.4) is 0 Å². The number of carboxylic acids is 1. The molecule has 0 saturated carbocycles.